The zero-order valence-electron chi connectivity index (χ0n) is 9.02. The minimum absolute atomic E-state index is 0.0475. The first kappa shape index (κ1) is 14.9. The molecule has 1 amide bonds. The van der Waals surface area contributed by atoms with Crippen LogP contribution in [-0.2, 0) is 4.74 Å². The molecule has 0 radical (unpaired) electrons. The van der Waals surface area contributed by atoms with Gasteiger partial charge in [-0.1, -0.05) is 15.9 Å². The molecule has 1 aromatic rings. The predicted octanol–water partition coefficient (Wildman–Crippen LogP) is 2.94. The van der Waals surface area contributed by atoms with Crippen molar-refractivity contribution in [2.45, 2.75) is 12.3 Å². The molecule has 0 bridgehead atoms. The molecule has 1 unspecified atom stereocenters. The number of primary amides is 1. The van der Waals surface area contributed by atoms with E-state index in [0.29, 0.717) is 0 Å². The van der Waals surface area contributed by atoms with Gasteiger partial charge in [-0.05, 0) is 12.1 Å². The van der Waals surface area contributed by atoms with Crippen molar-refractivity contribution in [2.75, 3.05) is 7.11 Å². The highest BCUT2D eigenvalue weighted by molar-refractivity contribution is 9.10. The number of methoxy groups -OCH3 is 1. The molecule has 100 valence electrons. The Labute approximate surface area is 108 Å². The first-order valence-corrected chi connectivity index (χ1v) is 5.36. The Morgan fingerprint density at radius 2 is 2.00 bits per heavy atom. The molecule has 0 heterocycles. The van der Waals surface area contributed by atoms with Crippen LogP contribution in [-0.4, -0.2) is 19.2 Å². The van der Waals surface area contributed by atoms with Gasteiger partial charge < -0.3 is 10.5 Å². The first-order valence-electron chi connectivity index (χ1n) is 4.56. The van der Waals surface area contributed by atoms with Gasteiger partial charge in [0.25, 0.3) is 5.91 Å². The number of hydrogen-bond donors (Lipinski definition) is 1. The van der Waals surface area contributed by atoms with Crippen LogP contribution in [0.2, 0.25) is 0 Å². The van der Waals surface area contributed by atoms with E-state index in [9.17, 15) is 22.4 Å². The van der Waals surface area contributed by atoms with Crippen LogP contribution < -0.4 is 5.73 Å². The summed E-state index contributed by atoms with van der Waals surface area (Å²) < 4.78 is 55.9. The van der Waals surface area contributed by atoms with Gasteiger partial charge in [-0.3, -0.25) is 4.79 Å². The summed E-state index contributed by atoms with van der Waals surface area (Å²) in [6, 6.07) is 1.80. The highest BCUT2D eigenvalue weighted by Gasteiger charge is 2.43. The van der Waals surface area contributed by atoms with Crippen molar-refractivity contribution in [2.24, 2.45) is 5.73 Å². The van der Waals surface area contributed by atoms with Crippen molar-refractivity contribution in [3.8, 4) is 0 Å². The summed E-state index contributed by atoms with van der Waals surface area (Å²) in [5.41, 5.74) is 3.39. The fraction of sp³-hybridized carbons (Fsp3) is 0.300. The summed E-state index contributed by atoms with van der Waals surface area (Å²) in [6.45, 7) is 0. The molecule has 0 aromatic heterocycles. The molecule has 0 aliphatic rings. The van der Waals surface area contributed by atoms with Crippen LogP contribution in [0.4, 0.5) is 17.6 Å². The lowest BCUT2D eigenvalue weighted by Gasteiger charge is -2.21. The zero-order valence-corrected chi connectivity index (χ0v) is 10.6. The van der Waals surface area contributed by atoms with Gasteiger partial charge in [0.05, 0.1) is 5.56 Å². The van der Waals surface area contributed by atoms with E-state index in [1.165, 1.54) is 0 Å². The van der Waals surface area contributed by atoms with Crippen LogP contribution in [0.15, 0.2) is 16.6 Å². The topological polar surface area (TPSA) is 52.3 Å². The Kier molecular flexibility index (Phi) is 4.33. The summed E-state index contributed by atoms with van der Waals surface area (Å²) in [5, 5.41) is 0. The number of alkyl halides is 3. The van der Waals surface area contributed by atoms with Crippen LogP contribution in [0.1, 0.15) is 22.0 Å². The lowest BCUT2D eigenvalue weighted by atomic mass is 10.0. The number of hydrogen-bond acceptors (Lipinski definition) is 2. The Bertz CT molecular complexity index is 476. The van der Waals surface area contributed by atoms with Crippen molar-refractivity contribution in [1.82, 2.24) is 0 Å². The van der Waals surface area contributed by atoms with E-state index in [2.05, 4.69) is 20.7 Å². The van der Waals surface area contributed by atoms with Gasteiger partial charge in [0.15, 0.2) is 6.10 Å². The molecule has 0 saturated heterocycles. The van der Waals surface area contributed by atoms with Crippen LogP contribution in [0, 0.1) is 5.82 Å². The molecule has 1 atom stereocenters. The normalized spacial score (nSPS) is 13.4. The summed E-state index contributed by atoms with van der Waals surface area (Å²) >= 11 is 2.85. The molecule has 8 heteroatoms. The second-order valence-corrected chi connectivity index (χ2v) is 4.29. The van der Waals surface area contributed by atoms with Crippen LogP contribution in [0.25, 0.3) is 0 Å². The maximum atomic E-state index is 13.5. The number of carbonyl (C=O) groups excluding carboxylic acids is 1. The highest BCUT2D eigenvalue weighted by atomic mass is 79.9. The second-order valence-electron chi connectivity index (χ2n) is 3.37. The average molecular weight is 330 g/mol. The molecular weight excluding hydrogens is 322 g/mol. The van der Waals surface area contributed by atoms with E-state index < -0.39 is 35.1 Å². The monoisotopic (exact) mass is 329 g/mol. The Morgan fingerprint density at radius 3 is 2.39 bits per heavy atom. The summed E-state index contributed by atoms with van der Waals surface area (Å²) in [6.07, 6.45) is -7.21. The van der Waals surface area contributed by atoms with E-state index in [1.807, 2.05) is 0 Å². The number of rotatable bonds is 3. The molecule has 2 N–H and O–H groups in total. The fourth-order valence-electron chi connectivity index (χ4n) is 1.50. The predicted molar refractivity (Wildman–Crippen MR) is 58.4 cm³/mol. The summed E-state index contributed by atoms with van der Waals surface area (Å²) in [4.78, 5) is 11.0. The van der Waals surface area contributed by atoms with Gasteiger partial charge >= 0.3 is 6.18 Å². The Balaban J connectivity index is 3.51. The molecule has 0 aliphatic carbocycles. The number of halogens is 5. The fourth-order valence-corrected chi connectivity index (χ4v) is 1.94. The van der Waals surface area contributed by atoms with E-state index in [4.69, 9.17) is 5.73 Å². The Hall–Kier alpha value is -1.15. The molecular formula is C10H8BrF4NO2. The first-order chi connectivity index (χ1) is 8.18. The summed E-state index contributed by atoms with van der Waals surface area (Å²) in [7, 11) is 0.807. The average Bonchev–Trinajstić information content (AvgIpc) is 2.13. The second kappa shape index (κ2) is 5.23. The molecule has 0 aliphatic heterocycles. The molecule has 18 heavy (non-hydrogen) atoms. The largest absolute Gasteiger partial charge is 0.418 e. The smallest absolute Gasteiger partial charge is 0.367 e. The maximum absolute atomic E-state index is 13.5. The highest BCUT2D eigenvalue weighted by Crippen LogP contribution is 2.38. The molecule has 1 aromatic carbocycles. The van der Waals surface area contributed by atoms with Gasteiger partial charge in [0.2, 0.25) is 0 Å². The molecule has 3 nitrogen and oxygen atoms in total. The van der Waals surface area contributed by atoms with E-state index >= 15 is 0 Å². The van der Waals surface area contributed by atoms with Crippen LogP contribution in [0.3, 0.4) is 0 Å². The SMILES string of the molecule is COC(c1cc(Br)cc(F)c1C(N)=O)C(F)(F)F. The van der Waals surface area contributed by atoms with Crippen molar-refractivity contribution >= 4 is 21.8 Å². The van der Waals surface area contributed by atoms with Crippen molar-refractivity contribution in [1.29, 1.82) is 0 Å². The molecule has 1 rings (SSSR count). The number of ether oxygens (including phenoxy) is 1. The van der Waals surface area contributed by atoms with Gasteiger partial charge in [-0.25, -0.2) is 4.39 Å². The molecule has 0 spiro atoms. The summed E-state index contributed by atoms with van der Waals surface area (Å²) in [5.74, 6) is -2.43. The minimum atomic E-state index is -4.79. The Morgan fingerprint density at radius 1 is 1.44 bits per heavy atom. The third kappa shape index (κ3) is 2.99. The van der Waals surface area contributed by atoms with Crippen molar-refractivity contribution in [3.05, 3.63) is 33.5 Å². The van der Waals surface area contributed by atoms with Crippen LogP contribution >= 0.6 is 15.9 Å². The number of carbonyl (C=O) groups is 1. The zero-order chi connectivity index (χ0) is 14.1. The third-order valence-corrected chi connectivity index (χ3v) is 2.61. The molecule has 0 saturated carbocycles. The maximum Gasteiger partial charge on any atom is 0.418 e. The van der Waals surface area contributed by atoms with E-state index in [1.54, 1.807) is 0 Å². The number of benzene rings is 1. The van der Waals surface area contributed by atoms with Gasteiger partial charge in [0.1, 0.15) is 5.82 Å². The standard InChI is InChI=1S/C10H8BrF4NO2/c1-18-8(10(13,14)15)5-2-4(11)3-6(12)7(5)9(16)17/h2-3,8H,1H3,(H2,16,17). The quantitative estimate of drug-likeness (QED) is 0.867. The van der Waals surface area contributed by atoms with Crippen molar-refractivity contribution in [3.63, 3.8) is 0 Å². The minimum Gasteiger partial charge on any atom is -0.367 e. The van der Waals surface area contributed by atoms with Crippen molar-refractivity contribution < 1.29 is 27.1 Å². The van der Waals surface area contributed by atoms with E-state index in [-0.39, 0.29) is 4.47 Å². The van der Waals surface area contributed by atoms with Gasteiger partial charge in [0, 0.05) is 17.1 Å². The number of nitrogens with two attached hydrogens (primary N) is 1. The van der Waals surface area contributed by atoms with Gasteiger partial charge in [-0.2, -0.15) is 13.2 Å². The lowest BCUT2D eigenvalue weighted by Crippen LogP contribution is -2.27. The van der Waals surface area contributed by atoms with E-state index in [0.717, 1.165) is 19.2 Å². The third-order valence-electron chi connectivity index (χ3n) is 2.15. The number of amides is 1. The lowest BCUT2D eigenvalue weighted by molar-refractivity contribution is -0.216. The molecule has 0 fully saturated rings. The van der Waals surface area contributed by atoms with Gasteiger partial charge in [-0.15, -0.1) is 0 Å². The van der Waals surface area contributed by atoms with Crippen LogP contribution in [0.5, 0.6) is 0 Å².